The number of nitrogens with zero attached hydrogens (tertiary/aromatic N) is 1. The van der Waals surface area contributed by atoms with Crippen LogP contribution in [0.25, 0.3) is 0 Å². The molecular formula is C17H20N2O2S. The first-order chi connectivity index (χ1) is 10.7. The molecule has 2 aromatic carbocycles. The van der Waals surface area contributed by atoms with Gasteiger partial charge in [0.1, 0.15) is 6.61 Å². The zero-order valence-electron chi connectivity index (χ0n) is 12.8. The first-order valence-corrected chi connectivity index (χ1v) is 7.44. The number of hydrogen-bond donors (Lipinski definition) is 1. The molecule has 0 aliphatic carbocycles. The van der Waals surface area contributed by atoms with E-state index >= 15 is 0 Å². The van der Waals surface area contributed by atoms with Crippen molar-refractivity contribution in [3.8, 4) is 11.5 Å². The summed E-state index contributed by atoms with van der Waals surface area (Å²) in [5.74, 6) is 1.47. The van der Waals surface area contributed by atoms with Crippen molar-refractivity contribution < 1.29 is 9.47 Å². The highest BCUT2D eigenvalue weighted by molar-refractivity contribution is 7.80. The summed E-state index contributed by atoms with van der Waals surface area (Å²) < 4.78 is 11.0. The van der Waals surface area contributed by atoms with E-state index in [1.54, 1.807) is 7.11 Å². The van der Waals surface area contributed by atoms with Crippen LogP contribution in [-0.2, 0) is 0 Å². The predicted molar refractivity (Wildman–Crippen MR) is 93.8 cm³/mol. The van der Waals surface area contributed by atoms with Crippen LogP contribution in [0.2, 0.25) is 0 Å². The van der Waals surface area contributed by atoms with Crippen LogP contribution >= 0.6 is 12.2 Å². The molecule has 4 nitrogen and oxygen atoms in total. The molecule has 0 fully saturated rings. The Kier molecular flexibility index (Phi) is 6.03. The number of rotatable bonds is 6. The lowest BCUT2D eigenvalue weighted by Gasteiger charge is -2.21. The average molecular weight is 316 g/mol. The van der Waals surface area contributed by atoms with Gasteiger partial charge in [0.05, 0.1) is 13.7 Å². The smallest absolute Gasteiger partial charge is 0.173 e. The van der Waals surface area contributed by atoms with Gasteiger partial charge in [-0.25, -0.2) is 0 Å². The number of ether oxygens (including phenoxy) is 2. The minimum atomic E-state index is 0.521. The SMILES string of the molecule is COc1ccccc1OCCN(C)C(=S)Nc1ccccc1. The largest absolute Gasteiger partial charge is 0.493 e. The molecule has 0 bridgehead atoms. The summed E-state index contributed by atoms with van der Waals surface area (Å²) in [6.45, 7) is 1.20. The fraction of sp³-hybridized carbons (Fsp3) is 0.235. The molecule has 116 valence electrons. The second-order valence-electron chi connectivity index (χ2n) is 4.72. The van der Waals surface area contributed by atoms with Gasteiger partial charge in [-0.3, -0.25) is 0 Å². The number of anilines is 1. The van der Waals surface area contributed by atoms with Crippen LogP contribution in [0.4, 0.5) is 5.69 Å². The molecule has 0 atom stereocenters. The van der Waals surface area contributed by atoms with Crippen LogP contribution in [-0.4, -0.2) is 37.3 Å². The molecule has 0 saturated heterocycles. The van der Waals surface area contributed by atoms with Crippen LogP contribution in [0, 0.1) is 0 Å². The van der Waals surface area contributed by atoms with Crippen LogP contribution in [0.15, 0.2) is 54.6 Å². The highest BCUT2D eigenvalue weighted by Crippen LogP contribution is 2.25. The molecule has 0 spiro atoms. The second-order valence-corrected chi connectivity index (χ2v) is 5.10. The number of benzene rings is 2. The second kappa shape index (κ2) is 8.24. The summed E-state index contributed by atoms with van der Waals surface area (Å²) in [4.78, 5) is 1.94. The Morgan fingerprint density at radius 2 is 1.68 bits per heavy atom. The number of hydrogen-bond acceptors (Lipinski definition) is 3. The Bertz CT molecular complexity index is 605. The molecule has 0 aliphatic heterocycles. The molecule has 0 aromatic heterocycles. The van der Waals surface area contributed by atoms with Gasteiger partial charge in [0.15, 0.2) is 16.6 Å². The average Bonchev–Trinajstić information content (AvgIpc) is 2.56. The van der Waals surface area contributed by atoms with E-state index in [4.69, 9.17) is 21.7 Å². The van der Waals surface area contributed by atoms with Crippen LogP contribution in [0.3, 0.4) is 0 Å². The highest BCUT2D eigenvalue weighted by atomic mass is 32.1. The topological polar surface area (TPSA) is 33.7 Å². The summed E-state index contributed by atoms with van der Waals surface area (Å²) in [6, 6.07) is 17.5. The fourth-order valence-corrected chi connectivity index (χ4v) is 2.08. The van der Waals surface area contributed by atoms with E-state index < -0.39 is 0 Å². The highest BCUT2D eigenvalue weighted by Gasteiger charge is 2.06. The Labute approximate surface area is 136 Å². The Morgan fingerprint density at radius 1 is 1.05 bits per heavy atom. The molecule has 0 aliphatic rings. The van der Waals surface area contributed by atoms with E-state index in [1.165, 1.54) is 0 Å². The number of nitrogens with one attached hydrogen (secondary N) is 1. The quantitative estimate of drug-likeness (QED) is 0.826. The van der Waals surface area contributed by atoms with E-state index in [0.29, 0.717) is 18.3 Å². The van der Waals surface area contributed by atoms with Crippen molar-refractivity contribution in [3.05, 3.63) is 54.6 Å². The number of methoxy groups -OCH3 is 1. The molecule has 0 radical (unpaired) electrons. The van der Waals surface area contributed by atoms with Crippen molar-refractivity contribution in [2.75, 3.05) is 32.6 Å². The van der Waals surface area contributed by atoms with Gasteiger partial charge in [0.25, 0.3) is 0 Å². The number of thiocarbonyl (C=S) groups is 1. The van der Waals surface area contributed by atoms with Gasteiger partial charge in [-0.2, -0.15) is 0 Å². The molecule has 22 heavy (non-hydrogen) atoms. The van der Waals surface area contributed by atoms with Gasteiger partial charge >= 0.3 is 0 Å². The third kappa shape index (κ3) is 4.63. The van der Waals surface area contributed by atoms with Crippen molar-refractivity contribution in [2.24, 2.45) is 0 Å². The Hall–Kier alpha value is -2.27. The number of likely N-dealkylation sites (N-methyl/N-ethyl adjacent to an activating group) is 1. The Morgan fingerprint density at radius 3 is 2.36 bits per heavy atom. The molecule has 0 saturated carbocycles. The van der Waals surface area contributed by atoms with E-state index in [9.17, 15) is 0 Å². The minimum absolute atomic E-state index is 0.521. The van der Waals surface area contributed by atoms with Crippen LogP contribution in [0.5, 0.6) is 11.5 Å². The lowest BCUT2D eigenvalue weighted by Crippen LogP contribution is -2.34. The van der Waals surface area contributed by atoms with E-state index in [-0.39, 0.29) is 0 Å². The standard InChI is InChI=1S/C17H20N2O2S/c1-19(17(22)18-14-8-4-3-5-9-14)12-13-21-16-11-7-6-10-15(16)20-2/h3-11H,12-13H2,1-2H3,(H,18,22). The van der Waals surface area contributed by atoms with Crippen molar-refractivity contribution in [1.29, 1.82) is 0 Å². The summed E-state index contributed by atoms with van der Waals surface area (Å²) in [6.07, 6.45) is 0. The third-order valence-electron chi connectivity index (χ3n) is 3.13. The Balaban J connectivity index is 1.80. The maximum Gasteiger partial charge on any atom is 0.173 e. The zero-order valence-corrected chi connectivity index (χ0v) is 13.6. The maximum absolute atomic E-state index is 5.74. The lowest BCUT2D eigenvalue weighted by atomic mass is 10.3. The molecule has 2 rings (SSSR count). The van der Waals surface area contributed by atoms with Crippen molar-refractivity contribution in [3.63, 3.8) is 0 Å². The lowest BCUT2D eigenvalue weighted by molar-refractivity contribution is 0.270. The van der Waals surface area contributed by atoms with E-state index in [1.807, 2.05) is 66.5 Å². The van der Waals surface area contributed by atoms with Gasteiger partial charge in [0, 0.05) is 12.7 Å². The third-order valence-corrected chi connectivity index (χ3v) is 3.54. The maximum atomic E-state index is 5.74. The van der Waals surface area contributed by atoms with Gasteiger partial charge in [-0.1, -0.05) is 30.3 Å². The van der Waals surface area contributed by atoms with Gasteiger partial charge < -0.3 is 19.7 Å². The predicted octanol–water partition coefficient (Wildman–Crippen LogP) is 3.40. The van der Waals surface area contributed by atoms with Gasteiger partial charge in [0.2, 0.25) is 0 Å². The monoisotopic (exact) mass is 316 g/mol. The van der Waals surface area contributed by atoms with E-state index in [2.05, 4.69) is 5.32 Å². The first-order valence-electron chi connectivity index (χ1n) is 7.03. The minimum Gasteiger partial charge on any atom is -0.493 e. The molecule has 1 N–H and O–H groups in total. The van der Waals surface area contributed by atoms with Crippen LogP contribution < -0.4 is 14.8 Å². The summed E-state index contributed by atoms with van der Waals surface area (Å²) in [5, 5.41) is 3.85. The van der Waals surface area contributed by atoms with Gasteiger partial charge in [-0.05, 0) is 36.5 Å². The molecule has 0 heterocycles. The fourth-order valence-electron chi connectivity index (χ4n) is 1.87. The zero-order chi connectivity index (χ0) is 15.8. The van der Waals surface area contributed by atoms with Gasteiger partial charge in [-0.15, -0.1) is 0 Å². The van der Waals surface area contributed by atoms with Crippen molar-refractivity contribution in [2.45, 2.75) is 0 Å². The molecule has 0 unspecified atom stereocenters. The molecule has 0 amide bonds. The van der Waals surface area contributed by atoms with Crippen molar-refractivity contribution >= 4 is 23.0 Å². The van der Waals surface area contributed by atoms with Crippen LogP contribution in [0.1, 0.15) is 0 Å². The molecule has 5 heteroatoms. The van der Waals surface area contributed by atoms with Crippen molar-refractivity contribution in [1.82, 2.24) is 4.90 Å². The summed E-state index contributed by atoms with van der Waals surface area (Å²) in [7, 11) is 3.57. The number of para-hydroxylation sites is 3. The normalized spacial score (nSPS) is 9.91. The molecule has 2 aromatic rings. The molecular weight excluding hydrogens is 296 g/mol. The first kappa shape index (κ1) is 16.1. The van der Waals surface area contributed by atoms with E-state index in [0.717, 1.165) is 17.2 Å². The summed E-state index contributed by atoms with van der Waals surface area (Å²) in [5.41, 5.74) is 0.977. The summed E-state index contributed by atoms with van der Waals surface area (Å²) >= 11 is 5.37.